The third-order valence-electron chi connectivity index (χ3n) is 6.89. The Labute approximate surface area is 189 Å². The van der Waals surface area contributed by atoms with Crippen LogP contribution in [0.25, 0.3) is 17.1 Å². The summed E-state index contributed by atoms with van der Waals surface area (Å²) in [4.78, 5) is 10.2. The number of methoxy groups -OCH3 is 1. The second-order valence-corrected chi connectivity index (χ2v) is 8.89. The average Bonchev–Trinajstić information content (AvgIpc) is 3.38. The number of hydrogen-bond acceptors (Lipinski definition) is 8. The predicted molar refractivity (Wildman–Crippen MR) is 117 cm³/mol. The Hall–Kier alpha value is -3.18. The number of rotatable bonds is 5. The van der Waals surface area contributed by atoms with Gasteiger partial charge in [0.05, 0.1) is 41.5 Å². The Morgan fingerprint density at radius 3 is 2.73 bits per heavy atom. The van der Waals surface area contributed by atoms with Crippen LogP contribution in [0.4, 0.5) is 14.6 Å². The molecule has 2 aromatic heterocycles. The zero-order valence-corrected chi connectivity index (χ0v) is 18.5. The Morgan fingerprint density at radius 1 is 1.27 bits per heavy atom. The highest BCUT2D eigenvalue weighted by Gasteiger charge is 2.64. The number of piperidine rings is 1. The largest absolute Gasteiger partial charge is 0.507 e. The summed E-state index contributed by atoms with van der Waals surface area (Å²) in [7, 11) is 3.32. The van der Waals surface area contributed by atoms with Crippen LogP contribution in [0.3, 0.4) is 0 Å². The SMILES string of the molecule is CO[C@H]1[C@H]2CC(F)(F)[C@@](C)(C[C@@H]1N(C)c1cnc(-c3ccc(-n4ccnc4)cc3O)nn1)N2. The fourth-order valence-electron chi connectivity index (χ4n) is 4.96. The number of imidazole rings is 1. The number of fused-ring (bicyclic) bond motifs is 2. The molecule has 2 N–H and O–H groups in total. The van der Waals surface area contributed by atoms with Crippen LogP contribution in [0.15, 0.2) is 43.1 Å². The van der Waals surface area contributed by atoms with Crippen LogP contribution in [0, 0.1) is 0 Å². The molecule has 174 valence electrons. The lowest BCUT2D eigenvalue weighted by atomic mass is 9.85. The standard InChI is InChI=1S/C22H25F2N7O2/c1-21-10-16(19(33-3)15(27-21)9-22(21,23)24)30(2)18-11-26-20(29-28-18)14-5-4-13(8-17(14)32)31-7-6-25-12-31/h4-8,11-12,15-16,19,27,32H,9-10H2,1-3H3/t15-,16+,19+,21-/m1/s1. The van der Waals surface area contributed by atoms with Crippen LogP contribution in [-0.2, 0) is 4.74 Å². The van der Waals surface area contributed by atoms with Crippen molar-refractivity contribution in [2.75, 3.05) is 19.1 Å². The van der Waals surface area contributed by atoms with Gasteiger partial charge in [0.1, 0.15) is 5.75 Å². The van der Waals surface area contributed by atoms with E-state index in [0.717, 1.165) is 5.69 Å². The predicted octanol–water partition coefficient (Wildman–Crippen LogP) is 2.41. The molecule has 3 aromatic rings. The number of hydrogen-bond donors (Lipinski definition) is 2. The molecule has 11 heteroatoms. The molecule has 5 rings (SSSR count). The van der Waals surface area contributed by atoms with E-state index in [0.29, 0.717) is 11.4 Å². The van der Waals surface area contributed by atoms with Gasteiger partial charge in [-0.05, 0) is 25.5 Å². The molecule has 2 fully saturated rings. The first-order valence-electron chi connectivity index (χ1n) is 10.6. The molecule has 2 saturated heterocycles. The first-order chi connectivity index (χ1) is 15.7. The summed E-state index contributed by atoms with van der Waals surface area (Å²) in [5.41, 5.74) is -0.133. The molecule has 1 aromatic carbocycles. The molecular formula is C22H25F2N7O2. The molecule has 2 aliphatic heterocycles. The summed E-state index contributed by atoms with van der Waals surface area (Å²) >= 11 is 0. The number of alkyl halides is 2. The van der Waals surface area contributed by atoms with Crippen LogP contribution in [0.2, 0.25) is 0 Å². The summed E-state index contributed by atoms with van der Waals surface area (Å²) < 4.78 is 36.6. The second kappa shape index (κ2) is 7.70. The Kier molecular flexibility index (Phi) is 5.05. The van der Waals surface area contributed by atoms with Gasteiger partial charge in [0.15, 0.2) is 11.6 Å². The number of aromatic hydroxyl groups is 1. The summed E-state index contributed by atoms with van der Waals surface area (Å²) in [6, 6.07) is 4.33. The van der Waals surface area contributed by atoms with Gasteiger partial charge in [-0.25, -0.2) is 18.7 Å². The number of benzene rings is 1. The third-order valence-corrected chi connectivity index (χ3v) is 6.89. The quantitative estimate of drug-likeness (QED) is 0.603. The number of phenolic OH excluding ortho intramolecular Hbond substituents is 1. The van der Waals surface area contributed by atoms with Gasteiger partial charge in [-0.1, -0.05) is 0 Å². The van der Waals surface area contributed by atoms with Gasteiger partial charge in [0.2, 0.25) is 0 Å². The topological polar surface area (TPSA) is 101 Å². The summed E-state index contributed by atoms with van der Waals surface area (Å²) in [5.74, 6) is -2.12. The minimum Gasteiger partial charge on any atom is -0.507 e. The number of anilines is 1. The fourth-order valence-corrected chi connectivity index (χ4v) is 4.96. The lowest BCUT2D eigenvalue weighted by Crippen LogP contribution is -2.64. The normalized spacial score (nSPS) is 28.1. The van der Waals surface area contributed by atoms with Gasteiger partial charge >= 0.3 is 0 Å². The van der Waals surface area contributed by atoms with Gasteiger partial charge < -0.3 is 24.6 Å². The molecule has 0 aliphatic carbocycles. The van der Waals surface area contributed by atoms with Gasteiger partial charge in [0, 0.05) is 45.1 Å². The van der Waals surface area contributed by atoms with Crippen LogP contribution in [0.5, 0.6) is 5.75 Å². The summed E-state index contributed by atoms with van der Waals surface area (Å²) in [6.45, 7) is 1.56. The zero-order chi connectivity index (χ0) is 23.4. The van der Waals surface area contributed by atoms with Crippen LogP contribution < -0.4 is 10.2 Å². The van der Waals surface area contributed by atoms with Crippen molar-refractivity contribution in [2.24, 2.45) is 0 Å². The molecule has 0 amide bonds. The minimum absolute atomic E-state index is 0.00800. The zero-order valence-electron chi connectivity index (χ0n) is 18.5. The van der Waals surface area contributed by atoms with E-state index in [1.165, 1.54) is 13.3 Å². The van der Waals surface area contributed by atoms with Crippen LogP contribution in [0.1, 0.15) is 19.8 Å². The summed E-state index contributed by atoms with van der Waals surface area (Å²) in [5, 5.41) is 22.0. The van der Waals surface area contributed by atoms with Gasteiger partial charge in [-0.3, -0.25) is 0 Å². The molecule has 0 radical (unpaired) electrons. The molecule has 9 nitrogen and oxygen atoms in total. The highest BCUT2D eigenvalue weighted by molar-refractivity contribution is 5.66. The smallest absolute Gasteiger partial charge is 0.267 e. The molecular weight excluding hydrogens is 432 g/mol. The summed E-state index contributed by atoms with van der Waals surface area (Å²) in [6.07, 6.45) is 6.08. The molecule has 0 unspecified atom stereocenters. The van der Waals surface area contributed by atoms with E-state index in [1.54, 1.807) is 54.3 Å². The van der Waals surface area contributed by atoms with E-state index < -0.39 is 23.6 Å². The van der Waals surface area contributed by atoms with Crippen molar-refractivity contribution in [1.29, 1.82) is 0 Å². The first kappa shape index (κ1) is 21.7. The van der Waals surface area contributed by atoms with E-state index in [1.807, 2.05) is 6.07 Å². The minimum atomic E-state index is -2.82. The molecule has 0 saturated carbocycles. The highest BCUT2D eigenvalue weighted by Crippen LogP contribution is 2.48. The fraction of sp³-hybridized carbons (Fsp3) is 0.455. The van der Waals surface area contributed by atoms with Crippen molar-refractivity contribution in [1.82, 2.24) is 30.0 Å². The Balaban J connectivity index is 1.38. The van der Waals surface area contributed by atoms with E-state index in [9.17, 15) is 13.9 Å². The van der Waals surface area contributed by atoms with Crippen molar-refractivity contribution in [2.45, 2.75) is 49.4 Å². The molecule has 4 heterocycles. The number of likely N-dealkylation sites (N-methyl/N-ethyl adjacent to an activating group) is 1. The molecule has 33 heavy (non-hydrogen) atoms. The maximum absolute atomic E-state index is 14.6. The second-order valence-electron chi connectivity index (χ2n) is 8.89. The van der Waals surface area contributed by atoms with Crippen LogP contribution >= 0.6 is 0 Å². The van der Waals surface area contributed by atoms with Crippen molar-refractivity contribution < 1.29 is 18.6 Å². The van der Waals surface area contributed by atoms with Crippen LogP contribution in [-0.4, -0.2) is 73.6 Å². The maximum Gasteiger partial charge on any atom is 0.267 e. The van der Waals surface area contributed by atoms with Crippen molar-refractivity contribution >= 4 is 5.82 Å². The highest BCUT2D eigenvalue weighted by atomic mass is 19.3. The lowest BCUT2D eigenvalue weighted by Gasteiger charge is -2.45. The van der Waals surface area contributed by atoms with Crippen molar-refractivity contribution in [3.63, 3.8) is 0 Å². The average molecular weight is 457 g/mol. The van der Waals surface area contributed by atoms with E-state index >= 15 is 0 Å². The molecule has 0 spiro atoms. The van der Waals surface area contributed by atoms with Gasteiger partial charge in [-0.2, -0.15) is 0 Å². The van der Waals surface area contributed by atoms with E-state index in [4.69, 9.17) is 4.74 Å². The number of aromatic nitrogens is 5. The molecule has 2 aliphatic rings. The van der Waals surface area contributed by atoms with E-state index in [-0.39, 0.29) is 30.5 Å². The van der Waals surface area contributed by atoms with Gasteiger partial charge in [0.25, 0.3) is 5.92 Å². The molecule has 2 bridgehead atoms. The monoisotopic (exact) mass is 457 g/mol. The third kappa shape index (κ3) is 3.51. The van der Waals surface area contributed by atoms with Gasteiger partial charge in [-0.15, -0.1) is 10.2 Å². The molecule has 4 atom stereocenters. The first-order valence-corrected chi connectivity index (χ1v) is 10.6. The number of ether oxygens (including phenoxy) is 1. The maximum atomic E-state index is 14.6. The van der Waals surface area contributed by atoms with Crippen molar-refractivity contribution in [3.8, 4) is 22.8 Å². The lowest BCUT2D eigenvalue weighted by molar-refractivity contribution is -0.0608. The van der Waals surface area contributed by atoms with E-state index in [2.05, 4.69) is 25.5 Å². The number of nitrogens with zero attached hydrogens (tertiary/aromatic N) is 6. The Bertz CT molecular complexity index is 1140. The number of halogens is 2. The van der Waals surface area contributed by atoms with Crippen molar-refractivity contribution in [3.05, 3.63) is 43.1 Å². The number of phenols is 1. The number of nitrogens with one attached hydrogen (secondary N) is 1. The Morgan fingerprint density at radius 2 is 2.09 bits per heavy atom.